The largest absolute Gasteiger partial charge is 0.381 e. The van der Waals surface area contributed by atoms with E-state index >= 15 is 0 Å². The molecule has 0 aliphatic carbocycles. The Bertz CT molecular complexity index is 247. The fraction of sp³-hybridized carbons (Fsp3) is 0.846. The Labute approximate surface area is 102 Å². The molecule has 2 aliphatic heterocycles. The minimum Gasteiger partial charge on any atom is -0.381 e. The molecule has 0 unspecified atom stereocenters. The zero-order valence-corrected chi connectivity index (χ0v) is 10.2. The average Bonchev–Trinajstić information content (AvgIpc) is 2.40. The minimum atomic E-state index is 0.0486. The Balaban J connectivity index is 1.78. The maximum absolute atomic E-state index is 11.9. The van der Waals surface area contributed by atoms with Gasteiger partial charge in [0.15, 0.2) is 0 Å². The van der Waals surface area contributed by atoms with Gasteiger partial charge in [-0.05, 0) is 25.7 Å². The standard InChI is InChI=1S/C13H20O4/c14-12(10-1-5-16-6-2-10)9-13(15)11-3-7-17-8-4-11/h10-11H,1-9H2. The summed E-state index contributed by atoms with van der Waals surface area (Å²) in [5, 5.41) is 0. The predicted octanol–water partition coefficient (Wildman–Crippen LogP) is 1.37. The van der Waals surface area contributed by atoms with Gasteiger partial charge in [-0.15, -0.1) is 0 Å². The topological polar surface area (TPSA) is 52.6 Å². The van der Waals surface area contributed by atoms with Gasteiger partial charge < -0.3 is 9.47 Å². The molecular formula is C13H20O4. The summed E-state index contributed by atoms with van der Waals surface area (Å²) in [6.07, 6.45) is 3.23. The van der Waals surface area contributed by atoms with Crippen molar-refractivity contribution in [3.63, 3.8) is 0 Å². The Hall–Kier alpha value is -0.740. The third-order valence-corrected chi connectivity index (χ3v) is 3.70. The van der Waals surface area contributed by atoms with Crippen LogP contribution in [-0.2, 0) is 19.1 Å². The van der Waals surface area contributed by atoms with Crippen molar-refractivity contribution in [3.8, 4) is 0 Å². The normalized spacial score (nSPS) is 23.5. The molecule has 0 N–H and O–H groups in total. The van der Waals surface area contributed by atoms with E-state index < -0.39 is 0 Å². The summed E-state index contributed by atoms with van der Waals surface area (Å²) in [7, 11) is 0. The highest BCUT2D eigenvalue weighted by Gasteiger charge is 2.27. The maximum Gasteiger partial charge on any atom is 0.143 e. The first-order valence-corrected chi connectivity index (χ1v) is 6.48. The van der Waals surface area contributed by atoms with Crippen molar-refractivity contribution in [1.82, 2.24) is 0 Å². The lowest BCUT2D eigenvalue weighted by atomic mass is 9.87. The SMILES string of the molecule is O=C(CC(=O)C1CCOCC1)C1CCOCC1. The van der Waals surface area contributed by atoms with Crippen LogP contribution < -0.4 is 0 Å². The highest BCUT2D eigenvalue weighted by Crippen LogP contribution is 2.21. The summed E-state index contributed by atoms with van der Waals surface area (Å²) in [5.41, 5.74) is 0. The Morgan fingerprint density at radius 3 is 1.47 bits per heavy atom. The summed E-state index contributed by atoms with van der Waals surface area (Å²) in [5.74, 6) is 0.328. The van der Waals surface area contributed by atoms with E-state index in [-0.39, 0.29) is 29.8 Å². The van der Waals surface area contributed by atoms with Crippen LogP contribution in [0.2, 0.25) is 0 Å². The Morgan fingerprint density at radius 2 is 1.12 bits per heavy atom. The van der Waals surface area contributed by atoms with Crippen LogP contribution in [0.15, 0.2) is 0 Å². The molecule has 0 spiro atoms. The van der Waals surface area contributed by atoms with Crippen LogP contribution in [0.1, 0.15) is 32.1 Å². The van der Waals surface area contributed by atoms with Gasteiger partial charge in [0.1, 0.15) is 11.6 Å². The molecule has 4 nitrogen and oxygen atoms in total. The number of Topliss-reactive ketones (excluding diaryl/α,β-unsaturated/α-hetero) is 2. The van der Waals surface area contributed by atoms with Crippen molar-refractivity contribution in [2.75, 3.05) is 26.4 Å². The molecule has 17 heavy (non-hydrogen) atoms. The van der Waals surface area contributed by atoms with E-state index in [1.807, 2.05) is 0 Å². The lowest BCUT2D eigenvalue weighted by Crippen LogP contribution is -2.29. The average molecular weight is 240 g/mol. The number of ketones is 2. The van der Waals surface area contributed by atoms with Gasteiger partial charge in [-0.2, -0.15) is 0 Å². The summed E-state index contributed by atoms with van der Waals surface area (Å²) >= 11 is 0. The first-order valence-electron chi connectivity index (χ1n) is 6.48. The van der Waals surface area contributed by atoms with Crippen molar-refractivity contribution in [1.29, 1.82) is 0 Å². The molecule has 2 fully saturated rings. The number of ether oxygens (including phenoxy) is 2. The number of carbonyl (C=O) groups is 2. The van der Waals surface area contributed by atoms with E-state index in [2.05, 4.69) is 0 Å². The van der Waals surface area contributed by atoms with Gasteiger partial charge in [-0.25, -0.2) is 0 Å². The van der Waals surface area contributed by atoms with Gasteiger partial charge >= 0.3 is 0 Å². The van der Waals surface area contributed by atoms with E-state index in [9.17, 15) is 9.59 Å². The predicted molar refractivity (Wildman–Crippen MR) is 61.7 cm³/mol. The van der Waals surface area contributed by atoms with Crippen LogP contribution in [-0.4, -0.2) is 38.0 Å². The number of rotatable bonds is 4. The number of carbonyl (C=O) groups excluding carboxylic acids is 2. The Morgan fingerprint density at radius 1 is 0.765 bits per heavy atom. The first kappa shape index (κ1) is 12.7. The maximum atomic E-state index is 11.9. The molecule has 2 heterocycles. The molecule has 4 heteroatoms. The van der Waals surface area contributed by atoms with Crippen LogP contribution >= 0.6 is 0 Å². The third-order valence-electron chi connectivity index (χ3n) is 3.70. The van der Waals surface area contributed by atoms with E-state index in [4.69, 9.17) is 9.47 Å². The molecular weight excluding hydrogens is 220 g/mol. The van der Waals surface area contributed by atoms with Crippen LogP contribution in [0.4, 0.5) is 0 Å². The van der Waals surface area contributed by atoms with Crippen molar-refractivity contribution in [2.24, 2.45) is 11.8 Å². The van der Waals surface area contributed by atoms with Crippen LogP contribution in [0.3, 0.4) is 0 Å². The van der Waals surface area contributed by atoms with E-state index in [1.165, 1.54) is 0 Å². The van der Waals surface area contributed by atoms with Crippen molar-refractivity contribution < 1.29 is 19.1 Å². The van der Waals surface area contributed by atoms with E-state index in [0.717, 1.165) is 25.7 Å². The van der Waals surface area contributed by atoms with Crippen molar-refractivity contribution >= 4 is 11.6 Å². The number of hydrogen-bond donors (Lipinski definition) is 0. The second-order valence-electron chi connectivity index (χ2n) is 4.88. The summed E-state index contributed by atoms with van der Waals surface area (Å²) in [4.78, 5) is 23.9. The van der Waals surface area contributed by atoms with Crippen molar-refractivity contribution in [2.45, 2.75) is 32.1 Å². The van der Waals surface area contributed by atoms with Gasteiger partial charge in [-0.3, -0.25) is 9.59 Å². The molecule has 0 amide bonds. The van der Waals surface area contributed by atoms with Gasteiger partial charge in [0.25, 0.3) is 0 Å². The third kappa shape index (κ3) is 3.61. The van der Waals surface area contributed by atoms with E-state index in [0.29, 0.717) is 26.4 Å². The molecule has 2 rings (SSSR count). The zero-order valence-electron chi connectivity index (χ0n) is 10.2. The molecule has 0 bridgehead atoms. The fourth-order valence-corrected chi connectivity index (χ4v) is 2.50. The highest BCUT2D eigenvalue weighted by molar-refractivity contribution is 6.01. The molecule has 0 radical (unpaired) electrons. The second kappa shape index (κ2) is 6.26. The van der Waals surface area contributed by atoms with Gasteiger partial charge in [0.2, 0.25) is 0 Å². The van der Waals surface area contributed by atoms with Crippen LogP contribution in [0, 0.1) is 11.8 Å². The minimum absolute atomic E-state index is 0.0486. The van der Waals surface area contributed by atoms with Gasteiger partial charge in [0, 0.05) is 38.3 Å². The molecule has 2 saturated heterocycles. The van der Waals surface area contributed by atoms with Crippen molar-refractivity contribution in [3.05, 3.63) is 0 Å². The smallest absolute Gasteiger partial charge is 0.143 e. The molecule has 0 atom stereocenters. The lowest BCUT2D eigenvalue weighted by molar-refractivity contribution is -0.134. The Kier molecular flexibility index (Phi) is 4.68. The fourth-order valence-electron chi connectivity index (χ4n) is 2.50. The van der Waals surface area contributed by atoms with Gasteiger partial charge in [-0.1, -0.05) is 0 Å². The molecule has 0 aromatic carbocycles. The zero-order chi connectivity index (χ0) is 12.1. The molecule has 96 valence electrons. The summed E-state index contributed by atoms with van der Waals surface area (Å²) < 4.78 is 10.4. The van der Waals surface area contributed by atoms with E-state index in [1.54, 1.807) is 0 Å². The quantitative estimate of drug-likeness (QED) is 0.696. The highest BCUT2D eigenvalue weighted by atomic mass is 16.5. The van der Waals surface area contributed by atoms with Crippen LogP contribution in [0.25, 0.3) is 0 Å². The molecule has 0 saturated carbocycles. The van der Waals surface area contributed by atoms with Crippen LogP contribution in [0.5, 0.6) is 0 Å². The molecule has 2 aliphatic rings. The monoisotopic (exact) mass is 240 g/mol. The molecule has 0 aromatic rings. The second-order valence-corrected chi connectivity index (χ2v) is 4.88. The van der Waals surface area contributed by atoms with Gasteiger partial charge in [0.05, 0.1) is 6.42 Å². The molecule has 0 aromatic heterocycles. The lowest BCUT2D eigenvalue weighted by Gasteiger charge is -2.23. The summed E-state index contributed by atoms with van der Waals surface area (Å²) in [6.45, 7) is 2.62. The first-order chi connectivity index (χ1) is 8.27. The summed E-state index contributed by atoms with van der Waals surface area (Å²) in [6, 6.07) is 0. The number of hydrogen-bond acceptors (Lipinski definition) is 4.